The van der Waals surface area contributed by atoms with Crippen molar-refractivity contribution in [2.75, 3.05) is 0 Å². The third kappa shape index (κ3) is 12.1. The van der Waals surface area contributed by atoms with E-state index in [0.29, 0.717) is 0 Å². The molecular weight excluding hydrogens is 997 g/mol. The van der Waals surface area contributed by atoms with E-state index < -0.39 is 62.4 Å². The van der Waals surface area contributed by atoms with E-state index in [1.807, 2.05) is 0 Å². The Morgan fingerprint density at radius 1 is 0.200 bits per heavy atom. The van der Waals surface area contributed by atoms with Crippen LogP contribution in [-0.2, 0) is 14.0 Å². The molecule has 0 aliphatic heterocycles. The number of hydrogen-bond donors (Lipinski definition) is 0. The Balaban J connectivity index is 6.51. The van der Waals surface area contributed by atoms with Crippen molar-refractivity contribution in [3.8, 4) is 0 Å². The van der Waals surface area contributed by atoms with Crippen molar-refractivity contribution in [3.05, 3.63) is 301 Å². The second-order valence-electron chi connectivity index (χ2n) is 21.4. The summed E-state index contributed by atoms with van der Waals surface area (Å²) in [6, 6.07) is 22.6. The summed E-state index contributed by atoms with van der Waals surface area (Å²) in [5.74, 6) is 0. The van der Waals surface area contributed by atoms with Gasteiger partial charge in [-0.05, 0) is 125 Å². The summed E-state index contributed by atoms with van der Waals surface area (Å²) in [6.45, 7) is 97.3. The van der Waals surface area contributed by atoms with Crippen LogP contribution >= 0.6 is 0 Å². The van der Waals surface area contributed by atoms with Crippen LogP contribution in [0.5, 0.6) is 0 Å². The van der Waals surface area contributed by atoms with E-state index in [2.05, 4.69) is 264 Å². The Bertz CT molecular complexity index is 1750. The molecule has 0 nitrogen and oxygen atoms in total. The molecular formula is C69H102Si6. The van der Waals surface area contributed by atoms with Crippen LogP contribution in [0, 0.1) is 0 Å². The van der Waals surface area contributed by atoms with E-state index in [1.165, 1.54) is 16.7 Å². The van der Waals surface area contributed by atoms with Gasteiger partial charge in [-0.2, -0.15) is 0 Å². The monoisotopic (exact) mass is 1100 g/mol. The van der Waals surface area contributed by atoms with Gasteiger partial charge in [-0.3, -0.25) is 0 Å². The average Bonchev–Trinajstić information content (AvgIpc) is 3.36. The molecule has 75 heavy (non-hydrogen) atoms. The summed E-state index contributed by atoms with van der Waals surface area (Å²) in [6.07, 6.45) is 46.2. The van der Waals surface area contributed by atoms with Gasteiger partial charge in [0.2, 0.25) is 0 Å². The van der Waals surface area contributed by atoms with Gasteiger partial charge in [0.05, 0.1) is 48.4 Å². The van der Waals surface area contributed by atoms with Crippen LogP contribution in [0.4, 0.5) is 0 Å². The van der Waals surface area contributed by atoms with E-state index in [4.69, 9.17) is 19.7 Å². The van der Waals surface area contributed by atoms with Crippen molar-refractivity contribution in [2.24, 2.45) is 0 Å². The Morgan fingerprint density at radius 2 is 0.293 bits per heavy atom. The van der Waals surface area contributed by atoms with E-state index >= 15 is 0 Å². The molecule has 0 amide bonds. The molecule has 402 valence electrons. The van der Waals surface area contributed by atoms with Gasteiger partial charge in [0.15, 0.2) is 0 Å². The molecule has 0 heterocycles. The predicted molar refractivity (Wildman–Crippen MR) is 367 cm³/mol. The Hall–Kier alpha value is -4.94. The van der Waals surface area contributed by atoms with Crippen molar-refractivity contribution in [1.82, 2.24) is 0 Å². The van der Waals surface area contributed by atoms with Crippen LogP contribution in [0.1, 0.15) is 16.7 Å². The lowest BCUT2D eigenvalue weighted by molar-refractivity contribution is 0.846. The number of rotatable bonds is 48. The summed E-state index contributed by atoms with van der Waals surface area (Å²) in [5, 5.41) is 0. The van der Waals surface area contributed by atoms with Crippen molar-refractivity contribution < 1.29 is 0 Å². The summed E-state index contributed by atoms with van der Waals surface area (Å²) in [4.78, 5) is 0. The zero-order valence-electron chi connectivity index (χ0n) is 47.4. The van der Waals surface area contributed by atoms with E-state index in [9.17, 15) is 0 Å². The Labute approximate surface area is 468 Å². The predicted octanol–water partition coefficient (Wildman–Crippen LogP) is 21.2. The van der Waals surface area contributed by atoms with Crippen LogP contribution in [0.25, 0.3) is 0 Å². The highest BCUT2D eigenvalue weighted by atomic mass is 28.4. The molecule has 1 rings (SSSR count). The summed E-state index contributed by atoms with van der Waals surface area (Å²) in [7, 11) is -17.2. The van der Waals surface area contributed by atoms with Crippen molar-refractivity contribution >= 4 is 48.4 Å². The molecule has 0 spiro atoms. The van der Waals surface area contributed by atoms with Gasteiger partial charge in [-0.1, -0.05) is 146 Å². The highest BCUT2D eigenvalue weighted by Gasteiger charge is 2.66. The van der Waals surface area contributed by atoms with Crippen LogP contribution in [0.2, 0.25) is 109 Å². The Kier molecular flexibility index (Phi) is 29.0. The minimum absolute atomic E-state index is 0.587. The summed E-state index contributed by atoms with van der Waals surface area (Å²) < 4.78 is -1.76. The fourth-order valence-electron chi connectivity index (χ4n) is 15.9. The summed E-state index contributed by atoms with van der Waals surface area (Å²) >= 11 is 0. The molecule has 6 heteroatoms. The molecule has 0 bridgehead atoms. The van der Waals surface area contributed by atoms with Crippen LogP contribution < -0.4 is 0 Å². The largest absolute Gasteiger partial charge is 0.103 e. The van der Waals surface area contributed by atoms with Crippen LogP contribution in [0.3, 0.4) is 0 Å². The van der Waals surface area contributed by atoms with Crippen molar-refractivity contribution in [1.29, 1.82) is 0 Å². The molecule has 0 unspecified atom stereocenters. The maximum Gasteiger partial charge on any atom is 0.0773 e. The average molecular weight is 1100 g/mol. The number of allylic oxidation sites excluding steroid dienone is 21. The zero-order valence-corrected chi connectivity index (χ0v) is 53.4. The summed E-state index contributed by atoms with van der Waals surface area (Å²) in [5.41, 5.74) is 3.81. The van der Waals surface area contributed by atoms with Crippen LogP contribution in [0.15, 0.2) is 284 Å². The minimum atomic E-state index is -2.87. The third-order valence-corrected chi connectivity index (χ3v) is 59.7. The SMILES string of the molecule is C=CC[Si](CC=C)(CC=C)C(C=C)(c1cc(C(C=C)([Si](CC=C)(CC=C)CC=C)[Si](CC=C)(CC=C)CC=C)cc(C(C=C)([Si](CC=C)(CC=C)CC=C)[Si](CC=C)(CC=C)CC=C)c1)[Si](CC=C)(CC=C)CC=C. The van der Waals surface area contributed by atoms with Gasteiger partial charge in [-0.15, -0.1) is 138 Å². The third-order valence-electron chi connectivity index (χ3n) is 17.9. The van der Waals surface area contributed by atoms with Crippen LogP contribution in [-0.4, -0.2) is 48.4 Å². The quantitative estimate of drug-likeness (QED) is 0.0451. The molecule has 0 N–H and O–H groups in total. The normalized spacial score (nSPS) is 12.5. The van der Waals surface area contributed by atoms with E-state index in [-0.39, 0.29) is 0 Å². The van der Waals surface area contributed by atoms with Gasteiger partial charge in [0, 0.05) is 14.0 Å². The van der Waals surface area contributed by atoms with Crippen molar-refractivity contribution in [2.45, 2.75) is 123 Å². The molecule has 0 aliphatic carbocycles. The molecule has 0 aromatic heterocycles. The molecule has 1 aromatic carbocycles. The zero-order chi connectivity index (χ0) is 56.9. The topological polar surface area (TPSA) is 0 Å². The van der Waals surface area contributed by atoms with Gasteiger partial charge in [-0.25, -0.2) is 0 Å². The first-order chi connectivity index (χ1) is 36.1. The maximum atomic E-state index is 5.11. The molecule has 0 radical (unpaired) electrons. The fourth-order valence-corrected chi connectivity index (χ4v) is 60.8. The smallest absolute Gasteiger partial charge is 0.0773 e. The fraction of sp³-hybridized carbons (Fsp3) is 0.304. The van der Waals surface area contributed by atoms with Crippen molar-refractivity contribution in [3.63, 3.8) is 0 Å². The molecule has 0 saturated carbocycles. The highest BCUT2D eigenvalue weighted by molar-refractivity contribution is 7.05. The van der Waals surface area contributed by atoms with E-state index in [1.54, 1.807) is 0 Å². The molecule has 0 aliphatic rings. The van der Waals surface area contributed by atoms with Gasteiger partial charge in [0.1, 0.15) is 0 Å². The maximum absolute atomic E-state index is 5.11. The second kappa shape index (κ2) is 32.0. The lowest BCUT2D eigenvalue weighted by Gasteiger charge is -2.62. The standard InChI is InChI=1S/C69H102Si6/c1-22-43-70(44-23-2,45-24-3)67(40-19,71(46-25-4,47-26-5)48-27-6)64-61-65(68(41-20,72(49-28-7,50-29-8)51-30-9)73(52-31-10,53-32-11)54-33-12)63-66(62-64)69(42-21,74(55-34-13,56-35-14)57-36-15)75(58-37-16,59-38-17)60-39-18/h22-42,61-63H,1-21,43-60H2. The molecule has 0 saturated heterocycles. The first-order valence-corrected chi connectivity index (χ1v) is 42.9. The first-order valence-electron chi connectivity index (χ1n) is 27.1. The Morgan fingerprint density at radius 3 is 0.360 bits per heavy atom. The second-order valence-corrected chi connectivity index (χ2v) is 50.3. The van der Waals surface area contributed by atoms with Gasteiger partial charge >= 0.3 is 0 Å². The number of hydrogen-bond acceptors (Lipinski definition) is 0. The number of benzene rings is 1. The lowest BCUT2D eigenvalue weighted by Crippen LogP contribution is -2.71. The highest BCUT2D eigenvalue weighted by Crippen LogP contribution is 2.61. The van der Waals surface area contributed by atoms with Gasteiger partial charge < -0.3 is 0 Å². The molecule has 1 aromatic rings. The lowest BCUT2D eigenvalue weighted by atomic mass is 9.97. The van der Waals surface area contributed by atoms with Gasteiger partial charge in [0.25, 0.3) is 0 Å². The van der Waals surface area contributed by atoms with E-state index in [0.717, 1.165) is 109 Å². The first kappa shape index (κ1) is 68.1. The molecule has 0 atom stereocenters. The molecule has 0 fully saturated rings. The minimum Gasteiger partial charge on any atom is -0.103 e.